The van der Waals surface area contributed by atoms with Crippen LogP contribution in [0.3, 0.4) is 0 Å². The predicted octanol–water partition coefficient (Wildman–Crippen LogP) is 1.26. The highest BCUT2D eigenvalue weighted by Crippen LogP contribution is 2.37. The van der Waals surface area contributed by atoms with Crippen LogP contribution in [0.15, 0.2) is 24.3 Å². The first-order valence-corrected chi connectivity index (χ1v) is 3.83. The van der Waals surface area contributed by atoms with Crippen molar-refractivity contribution in [2.75, 3.05) is 6.61 Å². The van der Waals surface area contributed by atoms with Gasteiger partial charge < -0.3 is 9.84 Å². The molecule has 1 fully saturated rings. The minimum Gasteiger partial charge on any atom is -0.394 e. The van der Waals surface area contributed by atoms with E-state index in [2.05, 4.69) is 0 Å². The Labute approximate surface area is 69.6 Å². The minimum absolute atomic E-state index is 0.0298. The van der Waals surface area contributed by atoms with Gasteiger partial charge in [-0.05, 0) is 17.7 Å². The molecule has 1 aliphatic rings. The van der Waals surface area contributed by atoms with Crippen LogP contribution in [-0.2, 0) is 4.74 Å². The van der Waals surface area contributed by atoms with Gasteiger partial charge in [0.1, 0.15) is 18.0 Å². The average Bonchev–Trinajstić information content (AvgIpc) is 2.85. The second-order valence-electron chi connectivity index (χ2n) is 2.83. The van der Waals surface area contributed by atoms with Crippen LogP contribution in [0.5, 0.6) is 0 Å². The van der Waals surface area contributed by atoms with Gasteiger partial charge >= 0.3 is 0 Å². The molecule has 12 heavy (non-hydrogen) atoms. The van der Waals surface area contributed by atoms with Gasteiger partial charge in [0.25, 0.3) is 0 Å². The molecule has 0 aliphatic carbocycles. The van der Waals surface area contributed by atoms with Crippen LogP contribution in [0.25, 0.3) is 0 Å². The maximum Gasteiger partial charge on any atom is 0.123 e. The number of benzene rings is 1. The second-order valence-corrected chi connectivity index (χ2v) is 2.83. The lowest BCUT2D eigenvalue weighted by molar-refractivity contribution is 0.242. The Hall–Kier alpha value is -0.930. The molecule has 1 N–H and O–H groups in total. The van der Waals surface area contributed by atoms with Gasteiger partial charge in [-0.2, -0.15) is 0 Å². The zero-order valence-electron chi connectivity index (χ0n) is 6.40. The van der Waals surface area contributed by atoms with E-state index in [0.717, 1.165) is 5.56 Å². The number of rotatable bonds is 2. The molecule has 1 heterocycles. The molecule has 0 amide bonds. The summed E-state index contributed by atoms with van der Waals surface area (Å²) in [5, 5.41) is 8.69. The van der Waals surface area contributed by atoms with Crippen LogP contribution in [0.4, 0.5) is 4.39 Å². The third-order valence-corrected chi connectivity index (χ3v) is 1.96. The number of aliphatic hydroxyl groups excluding tert-OH is 1. The van der Waals surface area contributed by atoms with E-state index in [4.69, 9.17) is 9.84 Å². The highest BCUT2D eigenvalue weighted by Gasteiger charge is 2.39. The molecule has 0 bridgehead atoms. The van der Waals surface area contributed by atoms with Crippen molar-refractivity contribution in [3.05, 3.63) is 35.6 Å². The molecule has 1 aromatic rings. The van der Waals surface area contributed by atoms with Gasteiger partial charge in [-0.15, -0.1) is 0 Å². The van der Waals surface area contributed by atoms with Crippen molar-refractivity contribution in [2.24, 2.45) is 0 Å². The molecule has 1 aliphatic heterocycles. The maximum absolute atomic E-state index is 12.5. The number of ether oxygens (including phenoxy) is 1. The van der Waals surface area contributed by atoms with Gasteiger partial charge in [0, 0.05) is 0 Å². The van der Waals surface area contributed by atoms with Crippen molar-refractivity contribution in [3.63, 3.8) is 0 Å². The van der Waals surface area contributed by atoms with E-state index >= 15 is 0 Å². The van der Waals surface area contributed by atoms with Crippen molar-refractivity contribution in [1.29, 1.82) is 0 Å². The Morgan fingerprint density at radius 2 is 2.00 bits per heavy atom. The van der Waals surface area contributed by atoms with Gasteiger partial charge in [0.05, 0.1) is 6.61 Å². The molecule has 0 saturated carbocycles. The molecule has 3 heteroatoms. The fourth-order valence-electron chi connectivity index (χ4n) is 1.23. The molecule has 1 saturated heterocycles. The van der Waals surface area contributed by atoms with Gasteiger partial charge in [0.15, 0.2) is 0 Å². The van der Waals surface area contributed by atoms with Crippen LogP contribution in [0, 0.1) is 5.82 Å². The summed E-state index contributed by atoms with van der Waals surface area (Å²) in [7, 11) is 0. The fraction of sp³-hybridized carbons (Fsp3) is 0.333. The molecule has 64 valence electrons. The van der Waals surface area contributed by atoms with E-state index in [9.17, 15) is 4.39 Å². The quantitative estimate of drug-likeness (QED) is 0.674. The standard InChI is InChI=1S/C9H9FO2/c10-7-3-1-6(2-4-7)9-8(5-11)12-9/h1-4,8-9,11H,5H2/t8-,9-/m1/s1. The third kappa shape index (κ3) is 1.33. The Kier molecular flexibility index (Phi) is 1.83. The Morgan fingerprint density at radius 1 is 1.33 bits per heavy atom. The van der Waals surface area contributed by atoms with Crippen molar-refractivity contribution >= 4 is 0 Å². The fourth-order valence-corrected chi connectivity index (χ4v) is 1.23. The van der Waals surface area contributed by atoms with E-state index in [-0.39, 0.29) is 24.6 Å². The lowest BCUT2D eigenvalue weighted by Gasteiger charge is -1.93. The Balaban J connectivity index is 2.10. The molecule has 2 atom stereocenters. The highest BCUT2D eigenvalue weighted by atomic mass is 19.1. The Bertz CT molecular complexity index is 270. The summed E-state index contributed by atoms with van der Waals surface area (Å²) in [5.74, 6) is -0.250. The van der Waals surface area contributed by atoms with Crippen molar-refractivity contribution in [1.82, 2.24) is 0 Å². The molecule has 0 unspecified atom stereocenters. The normalized spacial score (nSPS) is 27.2. The van der Waals surface area contributed by atoms with Crippen LogP contribution in [0.2, 0.25) is 0 Å². The van der Waals surface area contributed by atoms with E-state index in [0.29, 0.717) is 0 Å². The molecule has 0 spiro atoms. The zero-order valence-corrected chi connectivity index (χ0v) is 6.40. The summed E-state index contributed by atoms with van der Waals surface area (Å²) in [6, 6.07) is 6.14. The summed E-state index contributed by atoms with van der Waals surface area (Å²) in [4.78, 5) is 0. The Morgan fingerprint density at radius 3 is 2.50 bits per heavy atom. The molecule has 0 aromatic heterocycles. The summed E-state index contributed by atoms with van der Waals surface area (Å²) in [5.41, 5.74) is 0.926. The first-order valence-electron chi connectivity index (χ1n) is 3.83. The molecule has 1 aromatic carbocycles. The van der Waals surface area contributed by atoms with Crippen molar-refractivity contribution in [3.8, 4) is 0 Å². The van der Waals surface area contributed by atoms with Crippen molar-refractivity contribution < 1.29 is 14.2 Å². The van der Waals surface area contributed by atoms with Gasteiger partial charge in [-0.1, -0.05) is 12.1 Å². The number of hydrogen-bond donors (Lipinski definition) is 1. The maximum atomic E-state index is 12.5. The largest absolute Gasteiger partial charge is 0.394 e. The lowest BCUT2D eigenvalue weighted by atomic mass is 10.1. The van der Waals surface area contributed by atoms with Gasteiger partial charge in [-0.3, -0.25) is 0 Å². The number of epoxide rings is 1. The van der Waals surface area contributed by atoms with E-state index < -0.39 is 0 Å². The van der Waals surface area contributed by atoms with E-state index in [1.807, 2.05) is 0 Å². The molecule has 2 nitrogen and oxygen atoms in total. The average molecular weight is 168 g/mol. The van der Waals surface area contributed by atoms with Crippen LogP contribution in [0.1, 0.15) is 11.7 Å². The van der Waals surface area contributed by atoms with Crippen LogP contribution in [-0.4, -0.2) is 17.8 Å². The number of hydrogen-bond acceptors (Lipinski definition) is 2. The van der Waals surface area contributed by atoms with Crippen molar-refractivity contribution in [2.45, 2.75) is 12.2 Å². The predicted molar refractivity (Wildman–Crippen MR) is 41.1 cm³/mol. The molecule has 2 rings (SSSR count). The lowest BCUT2D eigenvalue weighted by Crippen LogP contribution is -1.94. The molecule has 0 radical (unpaired) electrons. The zero-order chi connectivity index (χ0) is 8.55. The van der Waals surface area contributed by atoms with E-state index in [1.54, 1.807) is 12.1 Å². The SMILES string of the molecule is OC[C@H]1O[C@@H]1c1ccc(F)cc1. The van der Waals surface area contributed by atoms with Crippen LogP contribution >= 0.6 is 0 Å². The van der Waals surface area contributed by atoms with E-state index in [1.165, 1.54) is 12.1 Å². The first-order chi connectivity index (χ1) is 5.81. The molecular weight excluding hydrogens is 159 g/mol. The molecular formula is C9H9FO2. The highest BCUT2D eigenvalue weighted by molar-refractivity contribution is 5.22. The van der Waals surface area contributed by atoms with Crippen LogP contribution < -0.4 is 0 Å². The number of halogens is 1. The second kappa shape index (κ2) is 2.84. The van der Waals surface area contributed by atoms with Gasteiger partial charge in [0.2, 0.25) is 0 Å². The number of aliphatic hydroxyl groups is 1. The minimum atomic E-state index is -0.250. The summed E-state index contributed by atoms with van der Waals surface area (Å²) < 4.78 is 17.6. The first kappa shape index (κ1) is 7.71. The smallest absolute Gasteiger partial charge is 0.123 e. The topological polar surface area (TPSA) is 32.8 Å². The monoisotopic (exact) mass is 168 g/mol. The summed E-state index contributed by atoms with van der Waals surface area (Å²) >= 11 is 0. The third-order valence-electron chi connectivity index (χ3n) is 1.96. The summed E-state index contributed by atoms with van der Waals surface area (Å²) in [6.45, 7) is 0.0298. The summed E-state index contributed by atoms with van der Waals surface area (Å²) in [6.07, 6.45) is -0.119. The van der Waals surface area contributed by atoms with Gasteiger partial charge in [-0.25, -0.2) is 4.39 Å².